The van der Waals surface area contributed by atoms with Crippen LogP contribution in [0.5, 0.6) is 0 Å². The lowest BCUT2D eigenvalue weighted by atomic mass is 9.75. The highest BCUT2D eigenvalue weighted by atomic mass is 16.1. The van der Waals surface area contributed by atoms with Crippen LogP contribution in [0.25, 0.3) is 0 Å². The van der Waals surface area contributed by atoms with Crippen molar-refractivity contribution in [3.63, 3.8) is 0 Å². The van der Waals surface area contributed by atoms with E-state index in [0.717, 1.165) is 23.8 Å². The maximum Gasteiger partial charge on any atom is 0.159 e. The van der Waals surface area contributed by atoms with Gasteiger partial charge in [0.1, 0.15) is 0 Å². The molecule has 0 radical (unpaired) electrons. The summed E-state index contributed by atoms with van der Waals surface area (Å²) >= 11 is 0. The van der Waals surface area contributed by atoms with Gasteiger partial charge in [0, 0.05) is 11.8 Å². The zero-order chi connectivity index (χ0) is 11.5. The molecule has 0 aliphatic heterocycles. The SMILES string of the molecule is C=C1C(=O)C[C@@H]2[C@@]13[C@@H]1[C@H](CC[C@@]23C)C1(C)C. The first-order valence-electron chi connectivity index (χ1n) is 6.61. The fourth-order valence-corrected chi connectivity index (χ4v) is 6.07. The molecule has 4 aliphatic carbocycles. The Balaban J connectivity index is 1.88. The summed E-state index contributed by atoms with van der Waals surface area (Å²) in [7, 11) is 0. The van der Waals surface area contributed by atoms with Crippen molar-refractivity contribution in [3.05, 3.63) is 12.2 Å². The lowest BCUT2D eigenvalue weighted by Crippen LogP contribution is -2.24. The van der Waals surface area contributed by atoms with Gasteiger partial charge < -0.3 is 0 Å². The third-order valence-electron chi connectivity index (χ3n) is 6.92. The molecular weight excluding hydrogens is 196 g/mol. The van der Waals surface area contributed by atoms with Crippen molar-refractivity contribution < 1.29 is 4.79 Å². The molecule has 1 heteroatoms. The molecule has 4 saturated carbocycles. The zero-order valence-electron chi connectivity index (χ0n) is 10.5. The van der Waals surface area contributed by atoms with E-state index in [4.69, 9.17) is 0 Å². The van der Waals surface area contributed by atoms with E-state index in [-0.39, 0.29) is 5.41 Å². The molecule has 0 saturated heterocycles. The summed E-state index contributed by atoms with van der Waals surface area (Å²) in [4.78, 5) is 11.9. The minimum Gasteiger partial charge on any atom is -0.295 e. The van der Waals surface area contributed by atoms with Gasteiger partial charge in [-0.15, -0.1) is 0 Å². The Morgan fingerprint density at radius 2 is 2.00 bits per heavy atom. The van der Waals surface area contributed by atoms with Crippen LogP contribution in [-0.4, -0.2) is 5.78 Å². The second-order valence-corrected chi connectivity index (χ2v) is 7.39. The van der Waals surface area contributed by atoms with Crippen LogP contribution < -0.4 is 0 Å². The van der Waals surface area contributed by atoms with Crippen LogP contribution in [0.15, 0.2) is 12.2 Å². The van der Waals surface area contributed by atoms with E-state index in [1.807, 2.05) is 0 Å². The van der Waals surface area contributed by atoms with Crippen molar-refractivity contribution in [2.45, 2.75) is 40.0 Å². The number of fused-ring (bicyclic) bond motifs is 2. The number of Topliss-reactive ketones (excluding diaryl/α,β-unsaturated/α-hetero) is 1. The first-order valence-corrected chi connectivity index (χ1v) is 6.61. The average Bonchev–Trinajstić information content (AvgIpc) is 2.91. The molecule has 4 rings (SSSR count). The quantitative estimate of drug-likeness (QED) is 0.568. The molecule has 86 valence electrons. The molecule has 4 aliphatic rings. The Bertz CT molecular complexity index is 446. The van der Waals surface area contributed by atoms with Crippen molar-refractivity contribution in [1.82, 2.24) is 0 Å². The number of rotatable bonds is 0. The molecule has 0 aromatic rings. The number of carbonyl (C=O) groups is 1. The molecule has 1 nitrogen and oxygen atoms in total. The van der Waals surface area contributed by atoms with Gasteiger partial charge in [0.25, 0.3) is 0 Å². The molecule has 0 unspecified atom stereocenters. The molecule has 0 aromatic heterocycles. The number of allylic oxidation sites excluding steroid dienone is 1. The van der Waals surface area contributed by atoms with Gasteiger partial charge in [-0.05, 0) is 47.0 Å². The smallest absolute Gasteiger partial charge is 0.159 e. The van der Waals surface area contributed by atoms with Gasteiger partial charge >= 0.3 is 0 Å². The van der Waals surface area contributed by atoms with Crippen molar-refractivity contribution in [3.8, 4) is 0 Å². The van der Waals surface area contributed by atoms with E-state index in [2.05, 4.69) is 27.4 Å². The van der Waals surface area contributed by atoms with Gasteiger partial charge in [-0.1, -0.05) is 27.4 Å². The van der Waals surface area contributed by atoms with E-state index >= 15 is 0 Å². The second kappa shape index (κ2) is 2.07. The number of hydrogen-bond acceptors (Lipinski definition) is 1. The maximum absolute atomic E-state index is 11.9. The first-order chi connectivity index (χ1) is 7.38. The van der Waals surface area contributed by atoms with Crippen molar-refractivity contribution in [2.24, 2.45) is 34.0 Å². The van der Waals surface area contributed by atoms with Gasteiger partial charge in [-0.2, -0.15) is 0 Å². The first kappa shape index (κ1) is 9.44. The summed E-state index contributed by atoms with van der Waals surface area (Å²) < 4.78 is 0. The molecule has 0 heterocycles. The molecule has 16 heavy (non-hydrogen) atoms. The predicted octanol–water partition coefficient (Wildman–Crippen LogP) is 3.20. The molecular formula is C15H20O. The third kappa shape index (κ3) is 0.605. The van der Waals surface area contributed by atoms with Gasteiger partial charge in [-0.25, -0.2) is 0 Å². The van der Waals surface area contributed by atoms with Crippen LogP contribution in [0.4, 0.5) is 0 Å². The van der Waals surface area contributed by atoms with Crippen LogP contribution in [0.2, 0.25) is 0 Å². The summed E-state index contributed by atoms with van der Waals surface area (Å²) in [5.74, 6) is 2.65. The van der Waals surface area contributed by atoms with E-state index < -0.39 is 0 Å². The Kier molecular flexibility index (Phi) is 1.22. The average molecular weight is 216 g/mol. The van der Waals surface area contributed by atoms with Gasteiger partial charge in [0.15, 0.2) is 5.78 Å². The molecule has 0 N–H and O–H groups in total. The molecule has 0 aromatic carbocycles. The lowest BCUT2D eigenvalue weighted by molar-refractivity contribution is -0.115. The number of carbonyl (C=O) groups excluding carboxylic acids is 1. The van der Waals surface area contributed by atoms with Crippen LogP contribution in [0.3, 0.4) is 0 Å². The molecule has 4 fully saturated rings. The van der Waals surface area contributed by atoms with E-state index in [0.29, 0.717) is 22.5 Å². The summed E-state index contributed by atoms with van der Waals surface area (Å²) in [6, 6.07) is 0. The van der Waals surface area contributed by atoms with Gasteiger partial charge in [0.05, 0.1) is 0 Å². The molecule has 1 spiro atoms. The monoisotopic (exact) mass is 216 g/mol. The van der Waals surface area contributed by atoms with Gasteiger partial charge in [0.2, 0.25) is 0 Å². The standard InChI is InChI=1S/C15H20O/c1-8-10(16)7-11-14(4)6-5-9-12(13(9,2)3)15(8,11)14/h9,11-12H,1,5-7H2,2-4H3/t9-,11-,12+,14-,15+/m0/s1. The van der Waals surface area contributed by atoms with Crippen LogP contribution in [0.1, 0.15) is 40.0 Å². The Hall–Kier alpha value is -0.590. The molecule has 0 bridgehead atoms. The minimum atomic E-state index is 0.247. The topological polar surface area (TPSA) is 17.1 Å². The fraction of sp³-hybridized carbons (Fsp3) is 0.800. The highest BCUT2D eigenvalue weighted by molar-refractivity contribution is 6.02. The minimum absolute atomic E-state index is 0.247. The fourth-order valence-electron chi connectivity index (χ4n) is 6.07. The summed E-state index contributed by atoms with van der Waals surface area (Å²) in [6.45, 7) is 11.4. The third-order valence-corrected chi connectivity index (χ3v) is 6.92. The Labute approximate surface area is 97.3 Å². The zero-order valence-corrected chi connectivity index (χ0v) is 10.5. The summed E-state index contributed by atoms with van der Waals surface area (Å²) in [5.41, 5.74) is 2.16. The maximum atomic E-state index is 11.9. The number of ketones is 1. The second-order valence-electron chi connectivity index (χ2n) is 7.39. The Morgan fingerprint density at radius 3 is 2.69 bits per heavy atom. The highest BCUT2D eigenvalue weighted by Crippen LogP contribution is 2.92. The predicted molar refractivity (Wildman–Crippen MR) is 62.8 cm³/mol. The molecule has 5 atom stereocenters. The lowest BCUT2D eigenvalue weighted by Gasteiger charge is -2.28. The highest BCUT2D eigenvalue weighted by Gasteiger charge is 2.89. The Morgan fingerprint density at radius 1 is 1.31 bits per heavy atom. The normalized spacial score (nSPS) is 60.1. The van der Waals surface area contributed by atoms with E-state index in [9.17, 15) is 4.79 Å². The van der Waals surface area contributed by atoms with Crippen molar-refractivity contribution in [2.75, 3.05) is 0 Å². The van der Waals surface area contributed by atoms with E-state index in [1.165, 1.54) is 12.8 Å². The van der Waals surface area contributed by atoms with E-state index in [1.54, 1.807) is 0 Å². The largest absolute Gasteiger partial charge is 0.295 e. The number of hydrogen-bond donors (Lipinski definition) is 0. The van der Waals surface area contributed by atoms with Gasteiger partial charge in [-0.3, -0.25) is 4.79 Å². The van der Waals surface area contributed by atoms with Crippen LogP contribution in [-0.2, 0) is 4.79 Å². The van der Waals surface area contributed by atoms with Crippen molar-refractivity contribution in [1.29, 1.82) is 0 Å². The van der Waals surface area contributed by atoms with Crippen LogP contribution >= 0.6 is 0 Å². The summed E-state index contributed by atoms with van der Waals surface area (Å²) in [5, 5.41) is 0. The van der Waals surface area contributed by atoms with Crippen LogP contribution in [0, 0.1) is 34.0 Å². The summed E-state index contributed by atoms with van der Waals surface area (Å²) in [6.07, 6.45) is 3.51. The van der Waals surface area contributed by atoms with Crippen molar-refractivity contribution >= 4 is 5.78 Å². The molecule has 0 amide bonds.